The third kappa shape index (κ3) is 3.98. The Balaban J connectivity index is 1.78. The van der Waals surface area contributed by atoms with Crippen LogP contribution in [0.25, 0.3) is 0 Å². The van der Waals surface area contributed by atoms with Gasteiger partial charge < -0.3 is 15.1 Å². The summed E-state index contributed by atoms with van der Waals surface area (Å²) in [5.74, 6) is -0.558. The lowest BCUT2D eigenvalue weighted by atomic mass is 10.2. The van der Waals surface area contributed by atoms with Crippen molar-refractivity contribution < 1.29 is 14.0 Å². The Morgan fingerprint density at radius 3 is 2.70 bits per heavy atom. The molecule has 0 spiro atoms. The third-order valence-electron chi connectivity index (χ3n) is 2.72. The number of amides is 2. The number of aryl methyl sites for hydroxylation is 1. The summed E-state index contributed by atoms with van der Waals surface area (Å²) in [7, 11) is 0. The number of hydrogen-bond acceptors (Lipinski definition) is 3. The summed E-state index contributed by atoms with van der Waals surface area (Å²) in [4.78, 5) is 23.3. The lowest BCUT2D eigenvalue weighted by molar-refractivity contribution is -0.136. The molecule has 2 amide bonds. The van der Waals surface area contributed by atoms with Crippen LogP contribution in [0.5, 0.6) is 0 Å². The van der Waals surface area contributed by atoms with Crippen LogP contribution < -0.4 is 10.6 Å². The largest absolute Gasteiger partial charge is 0.469 e. The van der Waals surface area contributed by atoms with Gasteiger partial charge in [-0.2, -0.15) is 0 Å². The van der Waals surface area contributed by atoms with Crippen LogP contribution in [-0.2, 0) is 16.0 Å². The highest BCUT2D eigenvalue weighted by atomic mass is 16.3. The Kier molecular flexibility index (Phi) is 4.55. The van der Waals surface area contributed by atoms with E-state index in [9.17, 15) is 9.59 Å². The molecule has 0 unspecified atom stereocenters. The minimum Gasteiger partial charge on any atom is -0.469 e. The summed E-state index contributed by atoms with van der Waals surface area (Å²) in [6.07, 6.45) is 2.12. The van der Waals surface area contributed by atoms with Crippen molar-refractivity contribution in [3.05, 3.63) is 54.0 Å². The Hall–Kier alpha value is -2.56. The Bertz CT molecular complexity index is 591. The monoisotopic (exact) mass is 272 g/mol. The molecule has 0 aliphatic carbocycles. The molecule has 5 nitrogen and oxygen atoms in total. The van der Waals surface area contributed by atoms with Crippen molar-refractivity contribution in [2.75, 3.05) is 11.9 Å². The van der Waals surface area contributed by atoms with Gasteiger partial charge in [-0.3, -0.25) is 9.59 Å². The van der Waals surface area contributed by atoms with E-state index in [0.29, 0.717) is 18.7 Å². The van der Waals surface area contributed by atoms with Crippen LogP contribution in [0.4, 0.5) is 5.69 Å². The molecule has 0 saturated carbocycles. The van der Waals surface area contributed by atoms with Crippen LogP contribution >= 0.6 is 0 Å². The van der Waals surface area contributed by atoms with E-state index in [1.807, 2.05) is 25.1 Å². The molecule has 1 aromatic carbocycles. The molecule has 0 radical (unpaired) electrons. The first kappa shape index (κ1) is 13.9. The lowest BCUT2D eigenvalue weighted by Gasteiger charge is -2.06. The predicted octanol–water partition coefficient (Wildman–Crippen LogP) is 1.89. The Labute approximate surface area is 117 Å². The molecule has 2 rings (SSSR count). The number of anilines is 1. The van der Waals surface area contributed by atoms with Crippen LogP contribution in [0.2, 0.25) is 0 Å². The van der Waals surface area contributed by atoms with Crippen LogP contribution in [0.3, 0.4) is 0 Å². The van der Waals surface area contributed by atoms with Gasteiger partial charge in [0.05, 0.1) is 6.26 Å². The molecule has 2 N–H and O–H groups in total. The van der Waals surface area contributed by atoms with Gasteiger partial charge >= 0.3 is 11.8 Å². The summed E-state index contributed by atoms with van der Waals surface area (Å²) in [6, 6.07) is 10.9. The SMILES string of the molecule is Cc1cccc(NC(=O)C(=O)NCCc2ccco2)c1. The summed E-state index contributed by atoms with van der Waals surface area (Å²) in [5.41, 5.74) is 1.62. The second-order valence-electron chi connectivity index (χ2n) is 4.41. The van der Waals surface area contributed by atoms with Crippen molar-refractivity contribution >= 4 is 17.5 Å². The molecule has 0 fully saturated rings. The van der Waals surface area contributed by atoms with E-state index in [1.165, 1.54) is 0 Å². The highest BCUT2D eigenvalue weighted by molar-refractivity contribution is 6.39. The molecule has 0 atom stereocenters. The van der Waals surface area contributed by atoms with Crippen LogP contribution in [0, 0.1) is 6.92 Å². The first-order valence-corrected chi connectivity index (χ1v) is 6.33. The first-order chi connectivity index (χ1) is 9.65. The van der Waals surface area contributed by atoms with E-state index < -0.39 is 11.8 Å². The average molecular weight is 272 g/mol. The van der Waals surface area contributed by atoms with Gasteiger partial charge in [-0.15, -0.1) is 0 Å². The van der Waals surface area contributed by atoms with Crippen LogP contribution in [0.15, 0.2) is 47.1 Å². The van der Waals surface area contributed by atoms with Gasteiger partial charge in [-0.05, 0) is 36.8 Å². The van der Waals surface area contributed by atoms with Gasteiger partial charge in [0.25, 0.3) is 0 Å². The van der Waals surface area contributed by atoms with Crippen molar-refractivity contribution in [2.45, 2.75) is 13.3 Å². The molecular formula is C15H16N2O3. The molecule has 1 aromatic heterocycles. The fourth-order valence-electron chi connectivity index (χ4n) is 1.75. The van der Waals surface area contributed by atoms with Crippen molar-refractivity contribution in [2.24, 2.45) is 0 Å². The normalized spacial score (nSPS) is 10.1. The van der Waals surface area contributed by atoms with Gasteiger partial charge in [-0.25, -0.2) is 0 Å². The number of nitrogens with one attached hydrogen (secondary N) is 2. The van der Waals surface area contributed by atoms with E-state index in [4.69, 9.17) is 4.42 Å². The summed E-state index contributed by atoms with van der Waals surface area (Å²) < 4.78 is 5.13. The maximum Gasteiger partial charge on any atom is 0.313 e. The number of furan rings is 1. The molecule has 104 valence electrons. The fraction of sp³-hybridized carbons (Fsp3) is 0.200. The van der Waals surface area contributed by atoms with Crippen molar-refractivity contribution in [3.63, 3.8) is 0 Å². The number of benzene rings is 1. The highest BCUT2D eigenvalue weighted by Crippen LogP contribution is 2.09. The highest BCUT2D eigenvalue weighted by Gasteiger charge is 2.13. The maximum atomic E-state index is 11.7. The lowest BCUT2D eigenvalue weighted by Crippen LogP contribution is -2.36. The van der Waals surface area contributed by atoms with Crippen LogP contribution in [0.1, 0.15) is 11.3 Å². The molecule has 0 aliphatic heterocycles. The number of carbonyl (C=O) groups excluding carboxylic acids is 2. The summed E-state index contributed by atoms with van der Waals surface area (Å²) >= 11 is 0. The summed E-state index contributed by atoms with van der Waals surface area (Å²) in [6.45, 7) is 2.27. The van der Waals surface area contributed by atoms with E-state index in [0.717, 1.165) is 11.3 Å². The minimum absolute atomic E-state index is 0.355. The Morgan fingerprint density at radius 2 is 2.00 bits per heavy atom. The smallest absolute Gasteiger partial charge is 0.313 e. The van der Waals surface area contributed by atoms with Gasteiger partial charge in [0, 0.05) is 18.7 Å². The molecule has 0 saturated heterocycles. The number of carbonyl (C=O) groups is 2. The number of hydrogen-bond donors (Lipinski definition) is 2. The van der Waals surface area contributed by atoms with Gasteiger partial charge in [0.1, 0.15) is 5.76 Å². The van der Waals surface area contributed by atoms with Crippen molar-refractivity contribution in [1.29, 1.82) is 0 Å². The van der Waals surface area contributed by atoms with E-state index in [-0.39, 0.29) is 0 Å². The second-order valence-corrected chi connectivity index (χ2v) is 4.41. The van der Waals surface area contributed by atoms with Crippen LogP contribution in [-0.4, -0.2) is 18.4 Å². The standard InChI is InChI=1S/C15H16N2O3/c1-11-4-2-5-12(10-11)17-15(19)14(18)16-8-7-13-6-3-9-20-13/h2-6,9-10H,7-8H2,1H3,(H,16,18)(H,17,19). The molecule has 1 heterocycles. The van der Waals surface area contributed by atoms with Crippen molar-refractivity contribution in [3.8, 4) is 0 Å². The first-order valence-electron chi connectivity index (χ1n) is 6.33. The van der Waals surface area contributed by atoms with Crippen molar-refractivity contribution in [1.82, 2.24) is 5.32 Å². The zero-order valence-electron chi connectivity index (χ0n) is 11.2. The van der Waals surface area contributed by atoms with Gasteiger partial charge in [0.15, 0.2) is 0 Å². The minimum atomic E-state index is -0.671. The quantitative estimate of drug-likeness (QED) is 0.835. The molecule has 5 heteroatoms. The second kappa shape index (κ2) is 6.56. The zero-order chi connectivity index (χ0) is 14.4. The topological polar surface area (TPSA) is 71.3 Å². The van der Waals surface area contributed by atoms with E-state index >= 15 is 0 Å². The molecule has 0 aliphatic rings. The molecule has 0 bridgehead atoms. The third-order valence-corrected chi connectivity index (χ3v) is 2.72. The van der Waals surface area contributed by atoms with Gasteiger partial charge in [0.2, 0.25) is 0 Å². The fourth-order valence-corrected chi connectivity index (χ4v) is 1.75. The molecular weight excluding hydrogens is 256 g/mol. The molecule has 2 aromatic rings. The molecule has 20 heavy (non-hydrogen) atoms. The Morgan fingerprint density at radius 1 is 1.15 bits per heavy atom. The zero-order valence-corrected chi connectivity index (χ0v) is 11.2. The van der Waals surface area contributed by atoms with E-state index in [2.05, 4.69) is 10.6 Å². The summed E-state index contributed by atoms with van der Waals surface area (Å²) in [5, 5.41) is 5.10. The van der Waals surface area contributed by atoms with E-state index in [1.54, 1.807) is 24.5 Å². The van der Waals surface area contributed by atoms with Gasteiger partial charge in [-0.1, -0.05) is 12.1 Å². The number of rotatable bonds is 4. The average Bonchev–Trinajstić information content (AvgIpc) is 2.91. The maximum absolute atomic E-state index is 11.7. The predicted molar refractivity (Wildman–Crippen MR) is 75.2 cm³/mol.